The van der Waals surface area contributed by atoms with E-state index in [1.165, 1.54) is 5.56 Å². The fraction of sp³-hybridized carbons (Fsp3) is 0.400. The van der Waals surface area contributed by atoms with E-state index in [1.807, 2.05) is 23.0 Å². The summed E-state index contributed by atoms with van der Waals surface area (Å²) in [4.78, 5) is 18.9. The molecule has 1 saturated heterocycles. The van der Waals surface area contributed by atoms with Crippen LogP contribution in [0.5, 0.6) is 0 Å². The van der Waals surface area contributed by atoms with Gasteiger partial charge in [-0.1, -0.05) is 0 Å². The fourth-order valence-electron chi connectivity index (χ4n) is 3.66. The Morgan fingerprint density at radius 2 is 2.11 bits per heavy atom. The summed E-state index contributed by atoms with van der Waals surface area (Å²) in [5.41, 5.74) is 2.82. The molecular formula is C20H24N6O. The van der Waals surface area contributed by atoms with Crippen LogP contribution in [0.1, 0.15) is 18.4 Å². The molecule has 3 aromatic heterocycles. The van der Waals surface area contributed by atoms with Crippen molar-refractivity contribution in [2.75, 3.05) is 13.1 Å². The van der Waals surface area contributed by atoms with Gasteiger partial charge in [-0.25, -0.2) is 4.68 Å². The van der Waals surface area contributed by atoms with Gasteiger partial charge >= 0.3 is 0 Å². The van der Waals surface area contributed by atoms with Gasteiger partial charge in [-0.2, -0.15) is 10.2 Å². The van der Waals surface area contributed by atoms with Gasteiger partial charge in [0.15, 0.2) is 0 Å². The first kappa shape index (κ1) is 17.6. The SMILES string of the molecule is Cc1cnn(CCN2CCCC2Cn2nc(-c3cccnc3)ccc2=O)c1. The van der Waals surface area contributed by atoms with E-state index in [-0.39, 0.29) is 5.56 Å². The fourth-order valence-corrected chi connectivity index (χ4v) is 3.66. The van der Waals surface area contributed by atoms with Crippen LogP contribution in [0, 0.1) is 6.92 Å². The summed E-state index contributed by atoms with van der Waals surface area (Å²) in [6.45, 7) is 5.52. The molecule has 0 radical (unpaired) electrons. The Balaban J connectivity index is 1.46. The average molecular weight is 364 g/mol. The molecule has 0 saturated carbocycles. The smallest absolute Gasteiger partial charge is 0.266 e. The summed E-state index contributed by atoms with van der Waals surface area (Å²) in [6.07, 6.45) is 9.69. The van der Waals surface area contributed by atoms with Crippen LogP contribution in [-0.4, -0.2) is 48.6 Å². The summed E-state index contributed by atoms with van der Waals surface area (Å²) in [7, 11) is 0. The Morgan fingerprint density at radius 1 is 1.19 bits per heavy atom. The molecule has 1 aliphatic rings. The minimum atomic E-state index is -0.0582. The lowest BCUT2D eigenvalue weighted by Crippen LogP contribution is -2.38. The van der Waals surface area contributed by atoms with Crippen LogP contribution < -0.4 is 5.56 Å². The second kappa shape index (κ2) is 7.84. The van der Waals surface area contributed by atoms with Crippen LogP contribution in [0.15, 0.2) is 53.8 Å². The zero-order valence-corrected chi connectivity index (χ0v) is 15.5. The lowest BCUT2D eigenvalue weighted by molar-refractivity contribution is 0.214. The summed E-state index contributed by atoms with van der Waals surface area (Å²) in [6, 6.07) is 7.53. The van der Waals surface area contributed by atoms with E-state index in [2.05, 4.69) is 33.2 Å². The van der Waals surface area contributed by atoms with E-state index in [4.69, 9.17) is 0 Å². The van der Waals surface area contributed by atoms with E-state index >= 15 is 0 Å². The standard InChI is InChI=1S/C20H24N6O/c1-16-12-22-25(14-16)11-10-24-9-3-5-18(24)15-26-20(27)7-6-19(23-26)17-4-2-8-21-13-17/h2,4,6-8,12-14,18H,3,5,9-11,15H2,1H3. The lowest BCUT2D eigenvalue weighted by atomic mass is 10.2. The van der Waals surface area contributed by atoms with Crippen LogP contribution in [0.2, 0.25) is 0 Å². The van der Waals surface area contributed by atoms with E-state index < -0.39 is 0 Å². The maximum atomic E-state index is 12.3. The van der Waals surface area contributed by atoms with Crippen LogP contribution in [0.3, 0.4) is 0 Å². The Bertz CT molecular complexity index is 948. The third-order valence-electron chi connectivity index (χ3n) is 5.09. The summed E-state index contributed by atoms with van der Waals surface area (Å²) in [5.74, 6) is 0. The summed E-state index contributed by atoms with van der Waals surface area (Å²) in [5, 5.41) is 8.94. The molecule has 1 atom stereocenters. The van der Waals surface area contributed by atoms with Gasteiger partial charge in [-0.15, -0.1) is 0 Å². The predicted octanol–water partition coefficient (Wildman–Crippen LogP) is 1.97. The molecular weight excluding hydrogens is 340 g/mol. The van der Waals surface area contributed by atoms with Crippen LogP contribution in [0.25, 0.3) is 11.3 Å². The van der Waals surface area contributed by atoms with Gasteiger partial charge < -0.3 is 0 Å². The molecule has 4 heterocycles. The van der Waals surface area contributed by atoms with Gasteiger partial charge in [0, 0.05) is 42.8 Å². The Hall–Kier alpha value is -2.80. The summed E-state index contributed by atoms with van der Waals surface area (Å²) < 4.78 is 3.58. The van der Waals surface area contributed by atoms with Crippen LogP contribution in [-0.2, 0) is 13.1 Å². The first-order valence-electron chi connectivity index (χ1n) is 9.41. The molecule has 7 heteroatoms. The first-order valence-corrected chi connectivity index (χ1v) is 9.41. The highest BCUT2D eigenvalue weighted by Gasteiger charge is 2.25. The van der Waals surface area contributed by atoms with E-state index in [1.54, 1.807) is 29.2 Å². The molecule has 7 nitrogen and oxygen atoms in total. The maximum absolute atomic E-state index is 12.3. The van der Waals surface area contributed by atoms with Crippen molar-refractivity contribution in [2.45, 2.75) is 38.9 Å². The molecule has 1 aliphatic heterocycles. The number of nitrogens with zero attached hydrogens (tertiary/aromatic N) is 6. The minimum absolute atomic E-state index is 0.0582. The number of hydrogen-bond acceptors (Lipinski definition) is 5. The van der Waals surface area contributed by atoms with Crippen molar-refractivity contribution < 1.29 is 0 Å². The molecule has 3 aromatic rings. The third-order valence-corrected chi connectivity index (χ3v) is 5.09. The maximum Gasteiger partial charge on any atom is 0.266 e. The number of pyridine rings is 1. The number of hydrogen-bond donors (Lipinski definition) is 0. The predicted molar refractivity (Wildman–Crippen MR) is 103 cm³/mol. The lowest BCUT2D eigenvalue weighted by Gasteiger charge is -2.24. The molecule has 0 bridgehead atoms. The Labute approximate surface area is 158 Å². The molecule has 0 N–H and O–H groups in total. The number of aryl methyl sites for hydroxylation is 1. The Kier molecular flexibility index (Phi) is 5.11. The van der Waals surface area contributed by atoms with Crippen molar-refractivity contribution in [3.63, 3.8) is 0 Å². The Morgan fingerprint density at radius 3 is 2.89 bits per heavy atom. The topological polar surface area (TPSA) is 68.8 Å². The molecule has 27 heavy (non-hydrogen) atoms. The molecule has 1 unspecified atom stereocenters. The van der Waals surface area contributed by atoms with Crippen LogP contribution in [0.4, 0.5) is 0 Å². The van der Waals surface area contributed by atoms with Gasteiger partial charge in [0.1, 0.15) is 0 Å². The van der Waals surface area contributed by atoms with Gasteiger partial charge in [0.2, 0.25) is 0 Å². The van der Waals surface area contributed by atoms with Crippen molar-refractivity contribution >= 4 is 0 Å². The van der Waals surface area contributed by atoms with E-state index in [0.29, 0.717) is 12.6 Å². The molecule has 0 aliphatic carbocycles. The van der Waals surface area contributed by atoms with Crippen molar-refractivity contribution in [3.8, 4) is 11.3 Å². The molecule has 4 rings (SSSR count). The normalized spacial score (nSPS) is 17.4. The van der Waals surface area contributed by atoms with Gasteiger partial charge in [-0.3, -0.25) is 19.4 Å². The zero-order valence-electron chi connectivity index (χ0n) is 15.5. The molecule has 0 spiro atoms. The van der Waals surface area contributed by atoms with Gasteiger partial charge in [-0.05, 0) is 50.1 Å². The highest BCUT2D eigenvalue weighted by atomic mass is 16.1. The van der Waals surface area contributed by atoms with Crippen molar-refractivity contribution in [1.82, 2.24) is 29.4 Å². The third kappa shape index (κ3) is 4.14. The van der Waals surface area contributed by atoms with E-state index in [9.17, 15) is 4.79 Å². The number of rotatable bonds is 6. The molecule has 0 amide bonds. The second-order valence-corrected chi connectivity index (χ2v) is 7.09. The zero-order chi connectivity index (χ0) is 18.6. The summed E-state index contributed by atoms with van der Waals surface area (Å²) >= 11 is 0. The van der Waals surface area contributed by atoms with Crippen molar-refractivity contribution in [2.24, 2.45) is 0 Å². The minimum Gasteiger partial charge on any atom is -0.297 e. The molecule has 140 valence electrons. The van der Waals surface area contributed by atoms with Gasteiger partial charge in [0.25, 0.3) is 5.56 Å². The molecule has 0 aromatic carbocycles. The van der Waals surface area contributed by atoms with Crippen molar-refractivity contribution in [1.29, 1.82) is 0 Å². The quantitative estimate of drug-likeness (QED) is 0.669. The highest BCUT2D eigenvalue weighted by molar-refractivity contribution is 5.56. The van der Waals surface area contributed by atoms with Gasteiger partial charge in [0.05, 0.1) is 25.0 Å². The average Bonchev–Trinajstić information content (AvgIpc) is 3.31. The van der Waals surface area contributed by atoms with Crippen LogP contribution >= 0.6 is 0 Å². The first-order chi connectivity index (χ1) is 13.2. The van der Waals surface area contributed by atoms with Crippen molar-refractivity contribution in [3.05, 3.63) is 65.0 Å². The van der Waals surface area contributed by atoms with E-state index in [0.717, 1.165) is 43.7 Å². The molecule has 1 fully saturated rings. The largest absolute Gasteiger partial charge is 0.297 e. The number of aromatic nitrogens is 5. The monoisotopic (exact) mass is 364 g/mol. The highest BCUT2D eigenvalue weighted by Crippen LogP contribution is 2.19. The number of likely N-dealkylation sites (tertiary alicyclic amines) is 1. The second-order valence-electron chi connectivity index (χ2n) is 7.09.